The first-order valence-electron chi connectivity index (χ1n) is 3.23. The molecule has 0 heterocycles. The highest BCUT2D eigenvalue weighted by atomic mass is 16.3. The Bertz CT molecular complexity index is 346. The molecule has 0 saturated carbocycles. The maximum absolute atomic E-state index is 10.7. The molecule has 1 radical (unpaired) electrons. The Hall–Kier alpha value is -2.04. The summed E-state index contributed by atoms with van der Waals surface area (Å²) in [6, 6.07) is 1.73. The number of rotatable bonds is 2. The third-order valence-corrected chi connectivity index (χ3v) is 1.42. The number of aromatic hydroxyl groups is 3. The van der Waals surface area contributed by atoms with Crippen LogP contribution in [-0.4, -0.2) is 27.4 Å². The Kier molecular flexibility index (Phi) is 2.19. The number of carbonyl (C=O) groups is 1. The zero-order chi connectivity index (χ0) is 10.0. The fourth-order valence-electron chi connectivity index (χ4n) is 0.794. The molecular formula is C8H5O5. The molecule has 1 rings (SSSR count). The first kappa shape index (κ1) is 9.05. The minimum atomic E-state index is -1.01. The van der Waals surface area contributed by atoms with Crippen LogP contribution in [0.3, 0.4) is 0 Å². The minimum absolute atomic E-state index is 0.234. The lowest BCUT2D eigenvalue weighted by Gasteiger charge is -2.01. The van der Waals surface area contributed by atoms with Gasteiger partial charge in [0.25, 0.3) is 6.29 Å². The average molecular weight is 181 g/mol. The van der Waals surface area contributed by atoms with E-state index in [-0.39, 0.29) is 5.56 Å². The van der Waals surface area contributed by atoms with Crippen molar-refractivity contribution in [1.82, 2.24) is 0 Å². The molecule has 0 amide bonds. The van der Waals surface area contributed by atoms with E-state index < -0.39 is 23.0 Å². The molecule has 13 heavy (non-hydrogen) atoms. The van der Waals surface area contributed by atoms with Crippen LogP contribution in [0.25, 0.3) is 0 Å². The summed E-state index contributed by atoms with van der Waals surface area (Å²) in [4.78, 5) is 20.6. The Morgan fingerprint density at radius 2 is 1.62 bits per heavy atom. The van der Waals surface area contributed by atoms with Crippen molar-refractivity contribution in [2.45, 2.75) is 0 Å². The van der Waals surface area contributed by atoms with Gasteiger partial charge in [-0.05, 0) is 12.1 Å². The number of phenolic OH excluding ortho intramolecular Hbond substituents is 3. The Morgan fingerprint density at radius 3 is 2.00 bits per heavy atom. The van der Waals surface area contributed by atoms with Crippen LogP contribution in [0.4, 0.5) is 0 Å². The second-order valence-corrected chi connectivity index (χ2v) is 2.29. The van der Waals surface area contributed by atoms with Gasteiger partial charge in [0.05, 0.1) is 0 Å². The molecule has 5 nitrogen and oxygen atoms in total. The van der Waals surface area contributed by atoms with Crippen molar-refractivity contribution in [3.8, 4) is 17.2 Å². The summed E-state index contributed by atoms with van der Waals surface area (Å²) >= 11 is 0. The molecule has 0 saturated heterocycles. The van der Waals surface area contributed by atoms with Gasteiger partial charge < -0.3 is 15.3 Å². The standard InChI is InChI=1S/C8H5O5/c9-3-7(12)4-1-5(10)8(13)6(11)2-4/h1-2,10-11,13H. The molecule has 0 bridgehead atoms. The molecule has 0 aliphatic heterocycles. The van der Waals surface area contributed by atoms with E-state index in [1.54, 1.807) is 0 Å². The van der Waals surface area contributed by atoms with Crippen LogP contribution in [0.15, 0.2) is 12.1 Å². The third kappa shape index (κ3) is 1.58. The first-order chi connectivity index (χ1) is 6.06. The van der Waals surface area contributed by atoms with Gasteiger partial charge >= 0.3 is 0 Å². The van der Waals surface area contributed by atoms with E-state index in [0.717, 1.165) is 18.4 Å². The van der Waals surface area contributed by atoms with Crippen molar-refractivity contribution < 1.29 is 24.9 Å². The molecule has 3 N–H and O–H groups in total. The summed E-state index contributed by atoms with van der Waals surface area (Å²) in [5.74, 6) is -3.08. The second-order valence-electron chi connectivity index (χ2n) is 2.29. The average Bonchev–Trinajstić information content (AvgIpc) is 2.12. The molecular weight excluding hydrogens is 176 g/mol. The van der Waals surface area contributed by atoms with Crippen LogP contribution in [0.2, 0.25) is 0 Å². The molecule has 1 aromatic rings. The lowest BCUT2D eigenvalue weighted by Crippen LogP contribution is -1.98. The maximum Gasteiger partial charge on any atom is 0.277 e. The van der Waals surface area contributed by atoms with Crippen LogP contribution < -0.4 is 0 Å². The lowest BCUT2D eigenvalue weighted by molar-refractivity contribution is 0.106. The second kappa shape index (κ2) is 3.14. The van der Waals surface area contributed by atoms with Gasteiger partial charge in [0, 0.05) is 5.56 Å². The van der Waals surface area contributed by atoms with Crippen molar-refractivity contribution in [3.63, 3.8) is 0 Å². The van der Waals surface area contributed by atoms with Crippen molar-refractivity contribution in [2.24, 2.45) is 0 Å². The number of benzene rings is 1. The van der Waals surface area contributed by atoms with Crippen molar-refractivity contribution in [3.05, 3.63) is 17.7 Å². The lowest BCUT2D eigenvalue weighted by atomic mass is 10.1. The summed E-state index contributed by atoms with van der Waals surface area (Å²) in [7, 11) is 0. The highest BCUT2D eigenvalue weighted by Crippen LogP contribution is 2.35. The van der Waals surface area contributed by atoms with E-state index in [1.807, 2.05) is 0 Å². The van der Waals surface area contributed by atoms with E-state index in [2.05, 4.69) is 0 Å². The van der Waals surface area contributed by atoms with Crippen LogP contribution in [0, 0.1) is 0 Å². The fraction of sp³-hybridized carbons (Fsp3) is 0. The molecule has 0 unspecified atom stereocenters. The number of hydrogen-bond acceptors (Lipinski definition) is 5. The topological polar surface area (TPSA) is 94.8 Å². The van der Waals surface area contributed by atoms with Gasteiger partial charge in [0.15, 0.2) is 17.2 Å². The number of ketones is 1. The van der Waals surface area contributed by atoms with Gasteiger partial charge in [-0.1, -0.05) is 0 Å². The molecule has 0 aliphatic carbocycles. The van der Waals surface area contributed by atoms with Crippen molar-refractivity contribution in [1.29, 1.82) is 0 Å². The first-order valence-corrected chi connectivity index (χ1v) is 3.23. The highest BCUT2D eigenvalue weighted by Gasteiger charge is 2.12. The summed E-state index contributed by atoms with van der Waals surface area (Å²) < 4.78 is 0. The van der Waals surface area contributed by atoms with Crippen molar-refractivity contribution in [2.75, 3.05) is 0 Å². The predicted octanol–water partition coefficient (Wildman–Crippen LogP) is 0.0958. The van der Waals surface area contributed by atoms with E-state index in [0.29, 0.717) is 0 Å². The number of phenols is 3. The monoisotopic (exact) mass is 181 g/mol. The quantitative estimate of drug-likeness (QED) is 0.341. The van der Waals surface area contributed by atoms with Gasteiger partial charge in [-0.2, -0.15) is 0 Å². The summed E-state index contributed by atoms with van der Waals surface area (Å²) in [6.07, 6.45) is 1.06. The summed E-state index contributed by atoms with van der Waals surface area (Å²) in [6.45, 7) is 0. The number of Topliss-reactive ketones (excluding diaryl/α,β-unsaturated/α-hetero) is 1. The Balaban J connectivity index is 3.28. The van der Waals surface area contributed by atoms with E-state index in [9.17, 15) is 9.59 Å². The van der Waals surface area contributed by atoms with E-state index in [4.69, 9.17) is 15.3 Å². The summed E-state index contributed by atoms with van der Waals surface area (Å²) in [5, 5.41) is 26.7. The number of carbonyl (C=O) groups excluding carboxylic acids is 2. The maximum atomic E-state index is 10.7. The SMILES string of the molecule is O=[C]C(=O)c1cc(O)c(O)c(O)c1. The van der Waals surface area contributed by atoms with Gasteiger partial charge in [-0.25, -0.2) is 0 Å². The molecule has 67 valence electrons. The van der Waals surface area contributed by atoms with Gasteiger partial charge in [-0.3, -0.25) is 9.59 Å². The van der Waals surface area contributed by atoms with Crippen LogP contribution in [-0.2, 0) is 4.79 Å². The van der Waals surface area contributed by atoms with Crippen LogP contribution >= 0.6 is 0 Å². The van der Waals surface area contributed by atoms with Crippen LogP contribution in [0.5, 0.6) is 17.2 Å². The Labute approximate surface area is 72.9 Å². The molecule has 0 atom stereocenters. The zero-order valence-electron chi connectivity index (χ0n) is 6.31. The Morgan fingerprint density at radius 1 is 1.15 bits per heavy atom. The highest BCUT2D eigenvalue weighted by molar-refractivity contribution is 6.33. The minimum Gasteiger partial charge on any atom is -0.504 e. The molecule has 5 heteroatoms. The van der Waals surface area contributed by atoms with Gasteiger partial charge in [0.2, 0.25) is 5.78 Å². The van der Waals surface area contributed by atoms with Crippen molar-refractivity contribution >= 4 is 12.1 Å². The number of hydrogen-bond donors (Lipinski definition) is 3. The third-order valence-electron chi connectivity index (χ3n) is 1.42. The molecule has 0 spiro atoms. The normalized spacial score (nSPS) is 9.54. The fourth-order valence-corrected chi connectivity index (χ4v) is 0.794. The summed E-state index contributed by atoms with van der Waals surface area (Å²) in [5.41, 5.74) is -0.234. The van der Waals surface area contributed by atoms with E-state index >= 15 is 0 Å². The predicted molar refractivity (Wildman–Crippen MR) is 41.5 cm³/mol. The molecule has 0 aliphatic rings. The van der Waals surface area contributed by atoms with Gasteiger partial charge in [0.1, 0.15) is 0 Å². The zero-order valence-corrected chi connectivity index (χ0v) is 6.31. The molecule has 0 fully saturated rings. The smallest absolute Gasteiger partial charge is 0.277 e. The molecule has 1 aromatic carbocycles. The van der Waals surface area contributed by atoms with Gasteiger partial charge in [-0.15, -0.1) is 0 Å². The largest absolute Gasteiger partial charge is 0.504 e. The van der Waals surface area contributed by atoms with Crippen LogP contribution in [0.1, 0.15) is 10.4 Å². The van der Waals surface area contributed by atoms with E-state index in [1.165, 1.54) is 0 Å². The molecule has 0 aromatic heterocycles.